The van der Waals surface area contributed by atoms with Gasteiger partial charge in [0.15, 0.2) is 0 Å². The molecule has 3 aromatic carbocycles. The van der Waals surface area contributed by atoms with Gasteiger partial charge in [0, 0.05) is 28.5 Å². The van der Waals surface area contributed by atoms with E-state index in [2.05, 4.69) is 26.7 Å². The lowest BCUT2D eigenvalue weighted by Gasteiger charge is -2.13. The minimum absolute atomic E-state index is 0.265. The number of amides is 1. The summed E-state index contributed by atoms with van der Waals surface area (Å²) in [5.41, 5.74) is 7.54. The number of benzene rings is 3. The maximum absolute atomic E-state index is 13.5. The first-order valence-electron chi connectivity index (χ1n) is 11.5. The standard InChI is InChI=1S/C29H24FN5O/c1-17-7-9-24(33-28(36)20-5-4-6-23(30)13-20)14-26(17)21-11-18(2)27-22(12-21)15-32-29(35-27)34-25-10-8-19(3)31-16-25/h4-16H,1-3H3,(H,33,36)(H,32,34,35). The number of carbonyl (C=O) groups excluding carboxylic acids is 1. The first-order valence-corrected chi connectivity index (χ1v) is 11.5. The number of nitrogens with zero attached hydrogens (tertiary/aromatic N) is 3. The number of nitrogens with one attached hydrogen (secondary N) is 2. The molecular formula is C29H24FN5O. The molecular weight excluding hydrogens is 453 g/mol. The summed E-state index contributed by atoms with van der Waals surface area (Å²) in [4.78, 5) is 26.1. The number of fused-ring (bicyclic) bond motifs is 1. The van der Waals surface area contributed by atoms with E-state index in [9.17, 15) is 9.18 Å². The third-order valence-corrected chi connectivity index (χ3v) is 5.93. The molecule has 0 saturated heterocycles. The van der Waals surface area contributed by atoms with Crippen LogP contribution in [-0.2, 0) is 0 Å². The maximum Gasteiger partial charge on any atom is 0.255 e. The minimum atomic E-state index is -0.449. The highest BCUT2D eigenvalue weighted by molar-refractivity contribution is 6.04. The Morgan fingerprint density at radius 3 is 2.44 bits per heavy atom. The molecule has 2 aromatic heterocycles. The summed E-state index contributed by atoms with van der Waals surface area (Å²) in [6, 6.07) is 19.3. The highest BCUT2D eigenvalue weighted by Crippen LogP contribution is 2.31. The van der Waals surface area contributed by atoms with Crippen LogP contribution in [0.2, 0.25) is 0 Å². The van der Waals surface area contributed by atoms with Crippen LogP contribution in [0.25, 0.3) is 22.0 Å². The molecule has 5 rings (SSSR count). The molecule has 6 nitrogen and oxygen atoms in total. The number of halogens is 1. The van der Waals surface area contributed by atoms with Crippen molar-refractivity contribution >= 4 is 34.1 Å². The van der Waals surface area contributed by atoms with Crippen molar-refractivity contribution in [1.82, 2.24) is 15.0 Å². The molecule has 7 heteroatoms. The molecule has 2 heterocycles. The zero-order valence-corrected chi connectivity index (χ0v) is 20.1. The molecule has 0 bridgehead atoms. The van der Waals surface area contributed by atoms with E-state index in [4.69, 9.17) is 4.98 Å². The van der Waals surface area contributed by atoms with Gasteiger partial charge >= 0.3 is 0 Å². The molecule has 2 N–H and O–H groups in total. The molecule has 0 saturated carbocycles. The zero-order valence-electron chi connectivity index (χ0n) is 20.1. The summed E-state index contributed by atoms with van der Waals surface area (Å²) in [6.07, 6.45) is 3.55. The zero-order chi connectivity index (χ0) is 25.2. The lowest BCUT2D eigenvalue weighted by Crippen LogP contribution is -2.12. The summed E-state index contributed by atoms with van der Waals surface area (Å²) in [7, 11) is 0. The Morgan fingerprint density at radius 1 is 0.833 bits per heavy atom. The molecule has 0 radical (unpaired) electrons. The summed E-state index contributed by atoms with van der Waals surface area (Å²) >= 11 is 0. The average molecular weight is 478 g/mol. The largest absolute Gasteiger partial charge is 0.323 e. The van der Waals surface area contributed by atoms with Gasteiger partial charge in [0.05, 0.1) is 17.4 Å². The predicted octanol–water partition coefficient (Wildman–Crippen LogP) is 6.75. The van der Waals surface area contributed by atoms with E-state index in [1.807, 2.05) is 57.2 Å². The Morgan fingerprint density at radius 2 is 1.67 bits per heavy atom. The van der Waals surface area contributed by atoms with Crippen molar-refractivity contribution in [3.05, 3.63) is 107 Å². The molecule has 178 valence electrons. The van der Waals surface area contributed by atoms with Crippen molar-refractivity contribution in [2.45, 2.75) is 20.8 Å². The monoisotopic (exact) mass is 477 g/mol. The van der Waals surface area contributed by atoms with Crippen LogP contribution in [0.3, 0.4) is 0 Å². The summed E-state index contributed by atoms with van der Waals surface area (Å²) in [5, 5.41) is 6.97. The number of rotatable bonds is 5. The highest BCUT2D eigenvalue weighted by atomic mass is 19.1. The molecule has 1 amide bonds. The Bertz CT molecular complexity index is 1600. The van der Waals surface area contributed by atoms with E-state index in [1.165, 1.54) is 18.2 Å². The van der Waals surface area contributed by atoms with Gasteiger partial charge in [-0.3, -0.25) is 9.78 Å². The van der Waals surface area contributed by atoms with Crippen LogP contribution >= 0.6 is 0 Å². The average Bonchev–Trinajstić information content (AvgIpc) is 2.87. The van der Waals surface area contributed by atoms with Crippen molar-refractivity contribution in [3.63, 3.8) is 0 Å². The Labute approximate surface area is 208 Å². The molecule has 0 aliphatic rings. The second-order valence-electron chi connectivity index (χ2n) is 8.73. The second kappa shape index (κ2) is 9.54. The van der Waals surface area contributed by atoms with Gasteiger partial charge in [0.25, 0.3) is 5.91 Å². The number of hydrogen-bond acceptors (Lipinski definition) is 5. The van der Waals surface area contributed by atoms with Crippen LogP contribution in [0.4, 0.5) is 21.7 Å². The van der Waals surface area contributed by atoms with Crippen LogP contribution in [0, 0.1) is 26.6 Å². The van der Waals surface area contributed by atoms with Crippen LogP contribution in [0.15, 0.2) is 79.1 Å². The number of hydrogen-bond donors (Lipinski definition) is 2. The van der Waals surface area contributed by atoms with Crippen molar-refractivity contribution in [1.29, 1.82) is 0 Å². The normalized spacial score (nSPS) is 10.9. The van der Waals surface area contributed by atoms with Crippen molar-refractivity contribution in [3.8, 4) is 11.1 Å². The third kappa shape index (κ3) is 4.90. The summed E-state index contributed by atoms with van der Waals surface area (Å²) in [5.74, 6) is -0.312. The van der Waals surface area contributed by atoms with Gasteiger partial charge in [0.1, 0.15) is 5.82 Å². The highest BCUT2D eigenvalue weighted by Gasteiger charge is 2.12. The number of carbonyl (C=O) groups is 1. The Hall–Kier alpha value is -4.65. The molecule has 0 atom stereocenters. The lowest BCUT2D eigenvalue weighted by molar-refractivity contribution is 0.102. The van der Waals surface area contributed by atoms with Crippen molar-refractivity contribution in [2.75, 3.05) is 10.6 Å². The van der Waals surface area contributed by atoms with E-state index in [1.54, 1.807) is 18.5 Å². The van der Waals surface area contributed by atoms with Crippen LogP contribution < -0.4 is 10.6 Å². The quantitative estimate of drug-likeness (QED) is 0.293. The summed E-state index contributed by atoms with van der Waals surface area (Å²) < 4.78 is 13.5. The third-order valence-electron chi connectivity index (χ3n) is 5.93. The fourth-order valence-electron chi connectivity index (χ4n) is 4.05. The summed E-state index contributed by atoms with van der Waals surface area (Å²) in [6.45, 7) is 5.97. The lowest BCUT2D eigenvalue weighted by atomic mass is 9.96. The van der Waals surface area contributed by atoms with Crippen LogP contribution in [0.5, 0.6) is 0 Å². The number of aromatic nitrogens is 3. The van der Waals surface area contributed by atoms with E-state index in [0.717, 1.165) is 44.5 Å². The fourth-order valence-corrected chi connectivity index (χ4v) is 4.05. The first-order chi connectivity index (χ1) is 17.4. The fraction of sp³-hybridized carbons (Fsp3) is 0.103. The molecule has 36 heavy (non-hydrogen) atoms. The molecule has 0 fully saturated rings. The van der Waals surface area contributed by atoms with Gasteiger partial charge < -0.3 is 10.6 Å². The Kier molecular flexibility index (Phi) is 6.12. The number of pyridine rings is 1. The predicted molar refractivity (Wildman–Crippen MR) is 141 cm³/mol. The van der Waals surface area contributed by atoms with Gasteiger partial charge in [-0.1, -0.05) is 12.1 Å². The van der Waals surface area contributed by atoms with Gasteiger partial charge in [-0.15, -0.1) is 0 Å². The van der Waals surface area contributed by atoms with Crippen LogP contribution in [-0.4, -0.2) is 20.9 Å². The number of aryl methyl sites for hydroxylation is 3. The molecule has 0 aliphatic carbocycles. The topological polar surface area (TPSA) is 79.8 Å². The van der Waals surface area contributed by atoms with Gasteiger partial charge in [-0.05, 0) is 97.6 Å². The van der Waals surface area contributed by atoms with Crippen LogP contribution in [0.1, 0.15) is 27.2 Å². The molecule has 5 aromatic rings. The molecule has 0 spiro atoms. The van der Waals surface area contributed by atoms with Crippen molar-refractivity contribution in [2.24, 2.45) is 0 Å². The van der Waals surface area contributed by atoms with Gasteiger partial charge in [0.2, 0.25) is 5.95 Å². The smallest absolute Gasteiger partial charge is 0.255 e. The second-order valence-corrected chi connectivity index (χ2v) is 8.73. The van der Waals surface area contributed by atoms with Gasteiger partial charge in [-0.25, -0.2) is 14.4 Å². The minimum Gasteiger partial charge on any atom is -0.323 e. The van der Waals surface area contributed by atoms with E-state index in [0.29, 0.717) is 11.6 Å². The van der Waals surface area contributed by atoms with Crippen molar-refractivity contribution < 1.29 is 9.18 Å². The van der Waals surface area contributed by atoms with E-state index < -0.39 is 5.82 Å². The molecule has 0 aliphatic heterocycles. The maximum atomic E-state index is 13.5. The van der Waals surface area contributed by atoms with E-state index in [-0.39, 0.29) is 11.5 Å². The van der Waals surface area contributed by atoms with Gasteiger partial charge in [-0.2, -0.15) is 0 Å². The SMILES string of the molecule is Cc1ccc(Nc2ncc3cc(-c4cc(NC(=O)c5cccc(F)c5)ccc4C)cc(C)c3n2)cn1. The molecule has 0 unspecified atom stereocenters. The van der Waals surface area contributed by atoms with E-state index >= 15 is 0 Å². The Balaban J connectivity index is 1.44. The number of anilines is 3. The first kappa shape index (κ1) is 23.1.